The summed E-state index contributed by atoms with van der Waals surface area (Å²) in [5.74, 6) is 0.468. The van der Waals surface area contributed by atoms with E-state index in [9.17, 15) is 0 Å². The van der Waals surface area contributed by atoms with Crippen molar-refractivity contribution in [2.75, 3.05) is 0 Å². The fraction of sp³-hybridized carbons (Fsp3) is 0.125. The van der Waals surface area contributed by atoms with Gasteiger partial charge in [0.25, 0.3) is 0 Å². The Balaban J connectivity index is 2.40. The van der Waals surface area contributed by atoms with Gasteiger partial charge in [-0.25, -0.2) is 0 Å². The Bertz CT molecular complexity index is 231. The van der Waals surface area contributed by atoms with E-state index in [1.807, 2.05) is 18.4 Å². The third-order valence-corrected chi connectivity index (χ3v) is 1.56. The average Bonchev–Trinajstić information content (AvgIpc) is 2.33. The fourth-order valence-electron chi connectivity index (χ4n) is 1.06. The van der Waals surface area contributed by atoms with E-state index in [2.05, 4.69) is 23.2 Å². The smallest absolute Gasteiger partial charge is 0.0510 e. The van der Waals surface area contributed by atoms with Crippen molar-refractivity contribution in [2.24, 2.45) is 10.9 Å². The van der Waals surface area contributed by atoms with Gasteiger partial charge in [0.15, 0.2) is 0 Å². The lowest BCUT2D eigenvalue weighted by atomic mass is 10.0. The van der Waals surface area contributed by atoms with Gasteiger partial charge in [-0.15, -0.1) is 0 Å². The van der Waals surface area contributed by atoms with Gasteiger partial charge >= 0.3 is 0 Å². The highest BCUT2D eigenvalue weighted by molar-refractivity contribution is 6.02. The van der Waals surface area contributed by atoms with Crippen LogP contribution in [0.25, 0.3) is 0 Å². The van der Waals surface area contributed by atoms with E-state index in [1.165, 1.54) is 0 Å². The molecule has 1 atom stereocenters. The van der Waals surface area contributed by atoms with Gasteiger partial charge in [0.05, 0.1) is 5.71 Å². The maximum Gasteiger partial charge on any atom is 0.0510 e. The van der Waals surface area contributed by atoms with Crippen molar-refractivity contribution < 1.29 is 0 Å². The van der Waals surface area contributed by atoms with Crippen LogP contribution >= 0.6 is 0 Å². The third kappa shape index (κ3) is 0.653. The molecule has 0 aromatic carbocycles. The van der Waals surface area contributed by atoms with Crippen molar-refractivity contribution in [3.63, 3.8) is 0 Å². The first kappa shape index (κ1) is 4.74. The van der Waals surface area contributed by atoms with Crippen LogP contribution in [0.5, 0.6) is 0 Å². The predicted molar refractivity (Wildman–Crippen MR) is 38.3 cm³/mol. The summed E-state index contributed by atoms with van der Waals surface area (Å²) in [6, 6.07) is 0. The largest absolute Gasteiger partial charge is 0.261 e. The SMILES string of the molecule is C1=CC2=NC=CC2C=C1. The van der Waals surface area contributed by atoms with Crippen LogP contribution < -0.4 is 0 Å². The van der Waals surface area contributed by atoms with Gasteiger partial charge in [0, 0.05) is 12.1 Å². The minimum Gasteiger partial charge on any atom is -0.261 e. The lowest BCUT2D eigenvalue weighted by Crippen LogP contribution is -2.04. The van der Waals surface area contributed by atoms with Gasteiger partial charge in [0.1, 0.15) is 0 Å². The first-order valence-electron chi connectivity index (χ1n) is 3.06. The molecule has 2 aliphatic rings. The topological polar surface area (TPSA) is 12.4 Å². The Morgan fingerprint density at radius 1 is 1.22 bits per heavy atom. The molecule has 0 aromatic rings. The standard InChI is InChI=1S/C8H7N/c1-2-4-8-7(3-1)5-6-9-8/h1-7H. The zero-order valence-electron chi connectivity index (χ0n) is 4.99. The van der Waals surface area contributed by atoms with Crippen molar-refractivity contribution in [3.05, 3.63) is 36.6 Å². The summed E-state index contributed by atoms with van der Waals surface area (Å²) >= 11 is 0. The monoisotopic (exact) mass is 117 g/mol. The van der Waals surface area contributed by atoms with Crippen LogP contribution in [0.15, 0.2) is 41.6 Å². The molecule has 0 saturated heterocycles. The molecule has 44 valence electrons. The number of rotatable bonds is 0. The van der Waals surface area contributed by atoms with E-state index in [4.69, 9.17) is 0 Å². The molecule has 0 spiro atoms. The van der Waals surface area contributed by atoms with E-state index in [-0.39, 0.29) is 0 Å². The summed E-state index contributed by atoms with van der Waals surface area (Å²) in [5, 5.41) is 0. The van der Waals surface area contributed by atoms with Crippen LogP contribution in [-0.4, -0.2) is 5.71 Å². The predicted octanol–water partition coefficient (Wildman–Crippen LogP) is 1.70. The summed E-state index contributed by atoms with van der Waals surface area (Å²) in [7, 11) is 0. The number of hydrogen-bond acceptors (Lipinski definition) is 1. The van der Waals surface area contributed by atoms with E-state index in [1.54, 1.807) is 0 Å². The number of hydrogen-bond donors (Lipinski definition) is 0. The van der Waals surface area contributed by atoms with Crippen molar-refractivity contribution in [3.8, 4) is 0 Å². The molecule has 0 aromatic heterocycles. The van der Waals surface area contributed by atoms with Crippen molar-refractivity contribution >= 4 is 5.71 Å². The van der Waals surface area contributed by atoms with Crippen molar-refractivity contribution in [1.82, 2.24) is 0 Å². The maximum atomic E-state index is 4.16. The second-order valence-electron chi connectivity index (χ2n) is 2.17. The first-order valence-corrected chi connectivity index (χ1v) is 3.06. The number of nitrogens with zero attached hydrogens (tertiary/aromatic N) is 1. The molecule has 1 unspecified atom stereocenters. The third-order valence-electron chi connectivity index (χ3n) is 1.56. The van der Waals surface area contributed by atoms with Gasteiger partial charge in [-0.1, -0.05) is 24.3 Å². The lowest BCUT2D eigenvalue weighted by molar-refractivity contribution is 1.16. The molecule has 1 aliphatic carbocycles. The molecule has 1 heteroatoms. The van der Waals surface area contributed by atoms with Crippen molar-refractivity contribution in [1.29, 1.82) is 0 Å². The molecule has 0 saturated carbocycles. The normalized spacial score (nSPS) is 28.4. The maximum absolute atomic E-state index is 4.16. The summed E-state index contributed by atoms with van der Waals surface area (Å²) in [4.78, 5) is 4.16. The molecule has 1 aliphatic heterocycles. The van der Waals surface area contributed by atoms with E-state index in [0.29, 0.717) is 5.92 Å². The van der Waals surface area contributed by atoms with E-state index < -0.39 is 0 Å². The molecule has 0 amide bonds. The zero-order valence-corrected chi connectivity index (χ0v) is 4.99. The Morgan fingerprint density at radius 3 is 3.11 bits per heavy atom. The Morgan fingerprint density at radius 2 is 2.22 bits per heavy atom. The fourth-order valence-corrected chi connectivity index (χ4v) is 1.06. The molecular formula is C8H7N. The second-order valence-corrected chi connectivity index (χ2v) is 2.17. The van der Waals surface area contributed by atoms with E-state index in [0.717, 1.165) is 5.71 Å². The first-order chi connectivity index (χ1) is 4.47. The van der Waals surface area contributed by atoms with Crippen molar-refractivity contribution in [2.45, 2.75) is 0 Å². The molecule has 0 fully saturated rings. The quantitative estimate of drug-likeness (QED) is 0.458. The molecule has 1 heterocycles. The van der Waals surface area contributed by atoms with Crippen LogP contribution in [0.2, 0.25) is 0 Å². The number of fused-ring (bicyclic) bond motifs is 1. The highest BCUT2D eigenvalue weighted by Crippen LogP contribution is 2.15. The minimum absolute atomic E-state index is 0.468. The highest BCUT2D eigenvalue weighted by atomic mass is 14.7. The summed E-state index contributed by atoms with van der Waals surface area (Å²) in [5.41, 5.74) is 1.16. The van der Waals surface area contributed by atoms with Crippen LogP contribution in [0.4, 0.5) is 0 Å². The highest BCUT2D eigenvalue weighted by Gasteiger charge is 2.11. The molecule has 0 bridgehead atoms. The van der Waals surface area contributed by atoms with E-state index >= 15 is 0 Å². The molecule has 1 nitrogen and oxygen atoms in total. The van der Waals surface area contributed by atoms with Crippen LogP contribution in [-0.2, 0) is 0 Å². The summed E-state index contributed by atoms with van der Waals surface area (Å²) in [6.45, 7) is 0. The second kappa shape index (κ2) is 1.69. The number of aliphatic imine (C=N–C) groups is 1. The zero-order chi connectivity index (χ0) is 6.10. The van der Waals surface area contributed by atoms with Gasteiger partial charge < -0.3 is 0 Å². The molecule has 2 rings (SSSR count). The van der Waals surface area contributed by atoms with Gasteiger partial charge in [-0.3, -0.25) is 4.99 Å². The lowest BCUT2D eigenvalue weighted by Gasteiger charge is -2.04. The Kier molecular flexibility index (Phi) is 0.890. The van der Waals surface area contributed by atoms with Gasteiger partial charge in [-0.2, -0.15) is 0 Å². The molecule has 9 heavy (non-hydrogen) atoms. The van der Waals surface area contributed by atoms with Gasteiger partial charge in [-0.05, 0) is 6.08 Å². The Hall–Kier alpha value is -1.11. The average molecular weight is 117 g/mol. The van der Waals surface area contributed by atoms with Gasteiger partial charge in [0.2, 0.25) is 0 Å². The van der Waals surface area contributed by atoms with Crippen LogP contribution in [0.3, 0.4) is 0 Å². The number of allylic oxidation sites excluding steroid dienone is 5. The minimum atomic E-state index is 0.468. The van der Waals surface area contributed by atoms with Crippen LogP contribution in [0.1, 0.15) is 0 Å². The molecule has 0 radical (unpaired) electrons. The molecule has 0 N–H and O–H groups in total. The Labute approximate surface area is 54.1 Å². The molecular weight excluding hydrogens is 110 g/mol. The summed E-state index contributed by atoms with van der Waals surface area (Å²) < 4.78 is 0. The van der Waals surface area contributed by atoms with Crippen LogP contribution in [0, 0.1) is 5.92 Å². The summed E-state index contributed by atoms with van der Waals surface area (Å²) in [6.07, 6.45) is 12.2.